The van der Waals surface area contributed by atoms with Gasteiger partial charge < -0.3 is 0 Å². The first-order valence-corrected chi connectivity index (χ1v) is 15.2. The normalized spacial score (nSPS) is 12.8. The molecule has 45 heavy (non-hydrogen) atoms. The first-order chi connectivity index (χ1) is 22.0. The molecule has 1 aliphatic carbocycles. The Morgan fingerprint density at radius 1 is 0.533 bits per heavy atom. The van der Waals surface area contributed by atoms with Crippen LogP contribution in [0.25, 0.3) is 66.9 Å². The van der Waals surface area contributed by atoms with Gasteiger partial charge in [0.15, 0.2) is 5.82 Å². The van der Waals surface area contributed by atoms with E-state index in [-0.39, 0.29) is 5.41 Å². The van der Waals surface area contributed by atoms with Gasteiger partial charge in [-0.25, -0.2) is 9.97 Å². The molecule has 0 spiro atoms. The molecule has 0 unspecified atom stereocenters. The molecule has 6 aromatic carbocycles. The number of nitriles is 1. The van der Waals surface area contributed by atoms with Crippen LogP contribution in [0.5, 0.6) is 0 Å². The van der Waals surface area contributed by atoms with Crippen LogP contribution >= 0.6 is 0 Å². The fraction of sp³-hybridized carbons (Fsp3) is 0.0714. The predicted octanol–water partition coefficient (Wildman–Crippen LogP) is 10.5. The molecule has 3 heteroatoms. The Kier molecular flexibility index (Phi) is 6.18. The SMILES string of the molecule is CC1(C)c2cccc(C#N)c2-c2c(-c3ccc(-c4cc(-c5ccccc5)nc(-c5cccc6ccccc56)n4)cc3)cccc21. The number of fused-ring (bicyclic) bond motifs is 4. The minimum Gasteiger partial charge on any atom is -0.228 e. The Morgan fingerprint density at radius 2 is 1.11 bits per heavy atom. The van der Waals surface area contributed by atoms with Crippen molar-refractivity contribution >= 4 is 10.8 Å². The topological polar surface area (TPSA) is 49.6 Å². The van der Waals surface area contributed by atoms with Crippen LogP contribution in [-0.2, 0) is 5.41 Å². The molecule has 1 heterocycles. The Hall–Kier alpha value is -5.85. The van der Waals surface area contributed by atoms with E-state index in [0.717, 1.165) is 66.7 Å². The first-order valence-electron chi connectivity index (χ1n) is 15.2. The highest BCUT2D eigenvalue weighted by Gasteiger charge is 2.38. The first kappa shape index (κ1) is 26.8. The van der Waals surface area contributed by atoms with Gasteiger partial charge in [0.1, 0.15) is 0 Å². The van der Waals surface area contributed by atoms with E-state index in [1.54, 1.807) is 0 Å². The fourth-order valence-electron chi connectivity index (χ4n) is 6.88. The van der Waals surface area contributed by atoms with Crippen LogP contribution in [0, 0.1) is 11.3 Å². The van der Waals surface area contributed by atoms with Crippen molar-refractivity contribution in [1.82, 2.24) is 9.97 Å². The van der Waals surface area contributed by atoms with Crippen molar-refractivity contribution in [3.05, 3.63) is 156 Å². The van der Waals surface area contributed by atoms with Crippen LogP contribution in [0.4, 0.5) is 0 Å². The molecular formula is C42H29N3. The molecule has 7 aromatic rings. The molecule has 0 atom stereocenters. The number of hydrogen-bond donors (Lipinski definition) is 0. The summed E-state index contributed by atoms with van der Waals surface area (Å²) >= 11 is 0. The standard InChI is InChI=1S/C42H29N3/c1-42(2)35-19-9-15-31(26-43)39(35)40-33(17-10-20-36(40)42)28-21-23-30(24-22-28)38-25-37(29-12-4-3-5-13-29)44-41(45-38)34-18-8-14-27-11-6-7-16-32(27)34/h3-25H,1-2H3. The average molecular weight is 576 g/mol. The van der Waals surface area contributed by atoms with Gasteiger partial charge in [0.25, 0.3) is 0 Å². The highest BCUT2D eigenvalue weighted by Crippen LogP contribution is 2.53. The lowest BCUT2D eigenvalue weighted by atomic mass is 9.82. The lowest BCUT2D eigenvalue weighted by molar-refractivity contribution is 0.660. The van der Waals surface area contributed by atoms with Crippen molar-refractivity contribution in [2.24, 2.45) is 0 Å². The van der Waals surface area contributed by atoms with E-state index in [1.807, 2.05) is 30.3 Å². The molecule has 212 valence electrons. The number of hydrogen-bond acceptors (Lipinski definition) is 3. The van der Waals surface area contributed by atoms with Crippen LogP contribution in [0.15, 0.2) is 140 Å². The Bertz CT molecular complexity index is 2290. The lowest BCUT2D eigenvalue weighted by Gasteiger charge is -2.21. The van der Waals surface area contributed by atoms with Gasteiger partial charge in [-0.1, -0.05) is 141 Å². The number of nitrogens with zero attached hydrogens (tertiary/aromatic N) is 3. The molecule has 1 aromatic heterocycles. The van der Waals surface area contributed by atoms with Gasteiger partial charge in [-0.2, -0.15) is 5.26 Å². The van der Waals surface area contributed by atoms with E-state index in [1.165, 1.54) is 11.1 Å². The highest BCUT2D eigenvalue weighted by atomic mass is 14.9. The summed E-state index contributed by atoms with van der Waals surface area (Å²) in [5.74, 6) is 0.705. The average Bonchev–Trinajstić information content (AvgIpc) is 3.34. The zero-order valence-corrected chi connectivity index (χ0v) is 25.1. The van der Waals surface area contributed by atoms with E-state index >= 15 is 0 Å². The molecule has 0 aliphatic heterocycles. The molecule has 0 fully saturated rings. The van der Waals surface area contributed by atoms with Crippen molar-refractivity contribution in [1.29, 1.82) is 5.26 Å². The van der Waals surface area contributed by atoms with E-state index < -0.39 is 0 Å². The van der Waals surface area contributed by atoms with E-state index in [0.29, 0.717) is 5.82 Å². The van der Waals surface area contributed by atoms with Gasteiger partial charge in [0, 0.05) is 27.7 Å². The summed E-state index contributed by atoms with van der Waals surface area (Å²) in [7, 11) is 0. The molecule has 1 aliphatic rings. The minimum absolute atomic E-state index is 0.180. The summed E-state index contributed by atoms with van der Waals surface area (Å²) in [6, 6.07) is 50.7. The lowest BCUT2D eigenvalue weighted by Crippen LogP contribution is -2.14. The molecule has 3 nitrogen and oxygen atoms in total. The van der Waals surface area contributed by atoms with E-state index in [2.05, 4.69) is 129 Å². The second kappa shape index (κ2) is 10.4. The second-order valence-electron chi connectivity index (χ2n) is 12.1. The minimum atomic E-state index is -0.180. The number of benzene rings is 6. The predicted molar refractivity (Wildman–Crippen MR) is 184 cm³/mol. The highest BCUT2D eigenvalue weighted by molar-refractivity contribution is 5.96. The maximum absolute atomic E-state index is 10.0. The Morgan fingerprint density at radius 3 is 1.87 bits per heavy atom. The van der Waals surface area contributed by atoms with Gasteiger partial charge in [-0.05, 0) is 50.7 Å². The van der Waals surface area contributed by atoms with Crippen molar-refractivity contribution in [2.75, 3.05) is 0 Å². The quantitative estimate of drug-likeness (QED) is 0.210. The summed E-state index contributed by atoms with van der Waals surface area (Å²) in [5, 5.41) is 12.3. The maximum atomic E-state index is 10.0. The monoisotopic (exact) mass is 575 g/mol. The fourth-order valence-corrected chi connectivity index (χ4v) is 6.88. The van der Waals surface area contributed by atoms with Crippen molar-refractivity contribution in [3.63, 3.8) is 0 Å². The number of aromatic nitrogens is 2. The molecule has 0 amide bonds. The van der Waals surface area contributed by atoms with Gasteiger partial charge >= 0.3 is 0 Å². The van der Waals surface area contributed by atoms with Gasteiger partial charge in [-0.15, -0.1) is 0 Å². The molecule has 0 saturated heterocycles. The largest absolute Gasteiger partial charge is 0.228 e. The maximum Gasteiger partial charge on any atom is 0.161 e. The third-order valence-electron chi connectivity index (χ3n) is 9.16. The molecule has 0 saturated carbocycles. The van der Waals surface area contributed by atoms with Crippen LogP contribution in [0.2, 0.25) is 0 Å². The second-order valence-corrected chi connectivity index (χ2v) is 12.1. The van der Waals surface area contributed by atoms with Crippen molar-refractivity contribution in [2.45, 2.75) is 19.3 Å². The van der Waals surface area contributed by atoms with Crippen LogP contribution in [0.1, 0.15) is 30.5 Å². The van der Waals surface area contributed by atoms with Crippen LogP contribution < -0.4 is 0 Å². The molecule has 0 radical (unpaired) electrons. The van der Waals surface area contributed by atoms with Gasteiger partial charge in [0.2, 0.25) is 0 Å². The third kappa shape index (κ3) is 4.34. The Labute approximate surface area is 263 Å². The summed E-state index contributed by atoms with van der Waals surface area (Å²) in [6.45, 7) is 4.50. The van der Waals surface area contributed by atoms with Crippen molar-refractivity contribution < 1.29 is 0 Å². The molecule has 8 rings (SSSR count). The summed E-state index contributed by atoms with van der Waals surface area (Å²) in [5.41, 5.74) is 12.3. The zero-order valence-electron chi connectivity index (χ0n) is 25.1. The smallest absolute Gasteiger partial charge is 0.161 e. The number of rotatable bonds is 4. The van der Waals surface area contributed by atoms with Crippen molar-refractivity contribution in [3.8, 4) is 62.2 Å². The Balaban J connectivity index is 1.27. The summed E-state index contributed by atoms with van der Waals surface area (Å²) in [4.78, 5) is 10.2. The molecule has 0 bridgehead atoms. The molecule has 0 N–H and O–H groups in total. The van der Waals surface area contributed by atoms with Gasteiger partial charge in [-0.3, -0.25) is 0 Å². The van der Waals surface area contributed by atoms with Crippen LogP contribution in [0.3, 0.4) is 0 Å². The van der Waals surface area contributed by atoms with E-state index in [9.17, 15) is 5.26 Å². The van der Waals surface area contributed by atoms with Gasteiger partial charge in [0.05, 0.1) is 23.0 Å². The summed E-state index contributed by atoms with van der Waals surface area (Å²) < 4.78 is 0. The van der Waals surface area contributed by atoms with Crippen LogP contribution in [-0.4, -0.2) is 9.97 Å². The zero-order chi connectivity index (χ0) is 30.5. The van der Waals surface area contributed by atoms with E-state index in [4.69, 9.17) is 9.97 Å². The molecular weight excluding hydrogens is 546 g/mol. The third-order valence-corrected chi connectivity index (χ3v) is 9.16. The summed E-state index contributed by atoms with van der Waals surface area (Å²) in [6.07, 6.45) is 0.